The van der Waals surface area contributed by atoms with Gasteiger partial charge in [0.2, 0.25) is 0 Å². The molecule has 5 aliphatic rings. The number of hydrogen-bond acceptors (Lipinski definition) is 3. The molecule has 0 amide bonds. The molecule has 0 saturated heterocycles. The normalized spacial score (nSPS) is 58.7. The van der Waals surface area contributed by atoms with E-state index in [0.717, 1.165) is 12.8 Å². The lowest BCUT2D eigenvalue weighted by Gasteiger charge is -2.61. The quantitative estimate of drug-likeness (QED) is 0.719. The molecule has 150 valence electrons. The summed E-state index contributed by atoms with van der Waals surface area (Å²) in [5, 5.41) is 14.4. The summed E-state index contributed by atoms with van der Waals surface area (Å²) in [6, 6.07) is 0.495. The number of carbonyl (C=O) groups excluding carboxylic acids is 1. The minimum absolute atomic E-state index is 0.0377. The Balaban J connectivity index is 1.53. The van der Waals surface area contributed by atoms with Crippen molar-refractivity contribution in [1.82, 2.24) is 5.32 Å². The zero-order valence-corrected chi connectivity index (χ0v) is 17.6. The Morgan fingerprint density at radius 1 is 1.11 bits per heavy atom. The lowest BCUT2D eigenvalue weighted by molar-refractivity contribution is -0.141. The number of hydrogen-bond donors (Lipinski definition) is 2. The highest BCUT2D eigenvalue weighted by molar-refractivity contribution is 5.80. The van der Waals surface area contributed by atoms with Crippen molar-refractivity contribution in [1.29, 1.82) is 0 Å². The van der Waals surface area contributed by atoms with Gasteiger partial charge in [0, 0.05) is 12.0 Å². The van der Waals surface area contributed by atoms with E-state index in [2.05, 4.69) is 32.8 Å². The smallest absolute Gasteiger partial charge is 0.136 e. The summed E-state index contributed by atoms with van der Waals surface area (Å²) < 4.78 is 0. The second kappa shape index (κ2) is 5.27. The van der Waals surface area contributed by atoms with Gasteiger partial charge >= 0.3 is 0 Å². The first-order valence-corrected chi connectivity index (χ1v) is 11.2. The number of aliphatic hydroxyl groups excluding tert-OH is 1. The Bertz CT molecular complexity index is 717. The van der Waals surface area contributed by atoms with Gasteiger partial charge in [0.15, 0.2) is 0 Å². The van der Waals surface area contributed by atoms with Crippen LogP contribution in [0.25, 0.3) is 0 Å². The molecule has 5 rings (SSSR count). The summed E-state index contributed by atoms with van der Waals surface area (Å²) >= 11 is 0. The first kappa shape index (κ1) is 18.4. The van der Waals surface area contributed by atoms with E-state index in [-0.39, 0.29) is 22.5 Å². The summed E-state index contributed by atoms with van der Waals surface area (Å²) in [4.78, 5) is 12.5. The van der Waals surface area contributed by atoms with Gasteiger partial charge in [-0.15, -0.1) is 0 Å². The molecule has 0 aliphatic heterocycles. The second-order valence-electron chi connectivity index (χ2n) is 11.3. The van der Waals surface area contributed by atoms with Crippen LogP contribution in [-0.4, -0.2) is 30.1 Å². The van der Waals surface area contributed by atoms with Crippen molar-refractivity contribution in [2.45, 2.75) is 84.3 Å². The molecule has 0 heterocycles. The topological polar surface area (TPSA) is 49.3 Å². The molecule has 0 radical (unpaired) electrons. The lowest BCUT2D eigenvalue weighted by Crippen LogP contribution is -2.55. The van der Waals surface area contributed by atoms with Gasteiger partial charge < -0.3 is 10.4 Å². The third kappa shape index (κ3) is 1.85. The van der Waals surface area contributed by atoms with E-state index in [1.54, 1.807) is 6.92 Å². The van der Waals surface area contributed by atoms with Crippen LogP contribution in [0.4, 0.5) is 0 Å². The largest absolute Gasteiger partial charge is 0.392 e. The third-order valence-electron chi connectivity index (χ3n) is 11.0. The van der Waals surface area contributed by atoms with Crippen LogP contribution in [0.5, 0.6) is 0 Å². The van der Waals surface area contributed by atoms with E-state index >= 15 is 0 Å². The van der Waals surface area contributed by atoms with E-state index in [1.807, 2.05) is 0 Å². The highest BCUT2D eigenvalue weighted by Crippen LogP contribution is 2.87. The fraction of sp³-hybridized carbons (Fsp3) is 0.875. The molecule has 0 aromatic rings. The number of Topliss-reactive ketones (excluding diaryl/α,β-unsaturated/α-hetero) is 1. The molecule has 27 heavy (non-hydrogen) atoms. The second-order valence-corrected chi connectivity index (χ2v) is 11.3. The summed E-state index contributed by atoms with van der Waals surface area (Å²) in [5.74, 6) is 1.38. The number of ketones is 1. The molecule has 5 aliphatic carbocycles. The van der Waals surface area contributed by atoms with Crippen molar-refractivity contribution < 1.29 is 9.90 Å². The van der Waals surface area contributed by atoms with Crippen LogP contribution < -0.4 is 5.32 Å². The van der Waals surface area contributed by atoms with E-state index in [9.17, 15) is 9.90 Å². The number of aliphatic hydroxyl groups is 1. The average Bonchev–Trinajstić information content (AvgIpc) is 3.20. The minimum Gasteiger partial charge on any atom is -0.392 e. The Labute approximate surface area is 164 Å². The summed E-state index contributed by atoms with van der Waals surface area (Å²) in [6.45, 7) is 11.0. The fourth-order valence-electron chi connectivity index (χ4n) is 9.75. The van der Waals surface area contributed by atoms with Crippen molar-refractivity contribution in [2.75, 3.05) is 7.05 Å². The predicted octanol–water partition coefficient (Wildman–Crippen LogP) is 4.10. The van der Waals surface area contributed by atoms with Crippen molar-refractivity contribution in [3.63, 3.8) is 0 Å². The monoisotopic (exact) mass is 371 g/mol. The third-order valence-corrected chi connectivity index (χ3v) is 11.0. The van der Waals surface area contributed by atoms with Gasteiger partial charge in [0.1, 0.15) is 5.78 Å². The SMILES string of the molecule is C=C1C2CC[C@H]3C4(C)CC(O)[C@H](C(C)=O)[C@@]4(C)CC[C@]34C[C@]24CC[C@@H]1NC. The molecule has 5 fully saturated rings. The Kier molecular flexibility index (Phi) is 3.59. The fourth-order valence-corrected chi connectivity index (χ4v) is 9.75. The zero-order chi connectivity index (χ0) is 19.4. The van der Waals surface area contributed by atoms with E-state index in [4.69, 9.17) is 0 Å². The van der Waals surface area contributed by atoms with Gasteiger partial charge in [-0.3, -0.25) is 4.79 Å². The molecule has 0 aromatic heterocycles. The van der Waals surface area contributed by atoms with Gasteiger partial charge in [-0.05, 0) is 98.8 Å². The highest BCUT2D eigenvalue weighted by Gasteiger charge is 2.81. The van der Waals surface area contributed by atoms with Crippen LogP contribution in [0.15, 0.2) is 12.2 Å². The Morgan fingerprint density at radius 3 is 2.52 bits per heavy atom. The number of carbonyl (C=O) groups is 1. The van der Waals surface area contributed by atoms with Gasteiger partial charge in [0.25, 0.3) is 0 Å². The van der Waals surface area contributed by atoms with E-state index in [0.29, 0.717) is 28.7 Å². The standard InChI is InChI=1S/C24H37NO2/c1-14-16-6-7-19-22(4)12-18(27)20(15(2)26)21(22,3)10-11-24(19)13-23(16,24)9-8-17(14)25-5/h16-20,25,27H,1,6-13H2,2-5H3/t16?,17-,18?,19-,20-,21+,22?,23+,24-/m0/s1. The van der Waals surface area contributed by atoms with Crippen LogP contribution in [0.1, 0.15) is 72.1 Å². The predicted molar refractivity (Wildman–Crippen MR) is 107 cm³/mol. The van der Waals surface area contributed by atoms with Gasteiger partial charge in [-0.2, -0.15) is 0 Å². The number of fused-ring (bicyclic) bond motifs is 2. The first-order valence-electron chi connectivity index (χ1n) is 11.2. The lowest BCUT2D eigenvalue weighted by atomic mass is 9.43. The maximum atomic E-state index is 12.5. The molecule has 0 bridgehead atoms. The number of rotatable bonds is 2. The molecule has 2 spiro atoms. The van der Waals surface area contributed by atoms with Crippen LogP contribution in [0.2, 0.25) is 0 Å². The maximum Gasteiger partial charge on any atom is 0.136 e. The highest BCUT2D eigenvalue weighted by atomic mass is 16.3. The van der Waals surface area contributed by atoms with Gasteiger partial charge in [-0.25, -0.2) is 0 Å². The summed E-state index contributed by atoms with van der Waals surface area (Å²) in [6.07, 6.45) is 9.19. The summed E-state index contributed by atoms with van der Waals surface area (Å²) in [7, 11) is 2.08. The van der Waals surface area contributed by atoms with Crippen LogP contribution >= 0.6 is 0 Å². The molecule has 5 saturated carbocycles. The van der Waals surface area contributed by atoms with Crippen LogP contribution in [0, 0.1) is 39.4 Å². The van der Waals surface area contributed by atoms with Gasteiger partial charge in [0.05, 0.1) is 6.10 Å². The summed E-state index contributed by atoms with van der Waals surface area (Å²) in [5.41, 5.74) is 2.45. The molecule has 3 heteroatoms. The van der Waals surface area contributed by atoms with Crippen molar-refractivity contribution in [3.8, 4) is 0 Å². The maximum absolute atomic E-state index is 12.5. The van der Waals surface area contributed by atoms with Crippen LogP contribution in [0.3, 0.4) is 0 Å². The Morgan fingerprint density at radius 2 is 1.85 bits per heavy atom. The van der Waals surface area contributed by atoms with Crippen molar-refractivity contribution in [3.05, 3.63) is 12.2 Å². The molecular weight excluding hydrogens is 334 g/mol. The molecule has 3 unspecified atom stereocenters. The molecular formula is C24H37NO2. The Hall–Kier alpha value is -0.670. The van der Waals surface area contributed by atoms with E-state index in [1.165, 1.54) is 44.1 Å². The minimum atomic E-state index is -0.449. The number of likely N-dealkylation sites (N-methyl/N-ethyl adjacent to an activating group) is 1. The van der Waals surface area contributed by atoms with Crippen molar-refractivity contribution >= 4 is 5.78 Å². The molecule has 9 atom stereocenters. The molecule has 0 aromatic carbocycles. The van der Waals surface area contributed by atoms with Crippen molar-refractivity contribution in [2.24, 2.45) is 39.4 Å². The average molecular weight is 372 g/mol. The molecule has 3 nitrogen and oxygen atoms in total. The zero-order valence-electron chi connectivity index (χ0n) is 17.6. The number of nitrogens with one attached hydrogen (secondary N) is 1. The van der Waals surface area contributed by atoms with Gasteiger partial charge in [-0.1, -0.05) is 26.0 Å². The first-order chi connectivity index (χ1) is 12.7. The van der Waals surface area contributed by atoms with E-state index < -0.39 is 6.10 Å². The van der Waals surface area contributed by atoms with Crippen LogP contribution in [-0.2, 0) is 4.79 Å². The molecule has 2 N–H and O–H groups in total.